The molecule has 26 heavy (non-hydrogen) atoms. The summed E-state index contributed by atoms with van der Waals surface area (Å²) < 4.78 is 27.5. The predicted molar refractivity (Wildman–Crippen MR) is 103 cm³/mol. The number of aryl methyl sites for hydroxylation is 2. The summed E-state index contributed by atoms with van der Waals surface area (Å²) in [7, 11) is -0.662. The van der Waals surface area contributed by atoms with Crippen molar-refractivity contribution in [1.29, 1.82) is 0 Å². The third kappa shape index (κ3) is 3.35. The molecule has 0 fully saturated rings. The topological polar surface area (TPSA) is 71.8 Å². The summed E-state index contributed by atoms with van der Waals surface area (Å²) in [5, 5.41) is 0. The van der Waals surface area contributed by atoms with Gasteiger partial charge >= 0.3 is 0 Å². The SMILES string of the molecule is Cc1cn2c(C=CC(=O)c3cccc(S(=O)(=O)N(C)C)c3)c(C)nc2s1. The highest BCUT2D eigenvalue weighted by Crippen LogP contribution is 2.22. The largest absolute Gasteiger partial charge is 0.290 e. The fourth-order valence-electron chi connectivity index (χ4n) is 2.55. The van der Waals surface area contributed by atoms with Gasteiger partial charge in [0.2, 0.25) is 10.0 Å². The Kier molecular flexibility index (Phi) is 4.83. The zero-order valence-electron chi connectivity index (χ0n) is 14.9. The van der Waals surface area contributed by atoms with Crippen molar-refractivity contribution >= 4 is 38.2 Å². The molecule has 0 radical (unpaired) electrons. The minimum Gasteiger partial charge on any atom is -0.290 e. The summed E-state index contributed by atoms with van der Waals surface area (Å²) in [5.41, 5.74) is 2.00. The van der Waals surface area contributed by atoms with Crippen molar-refractivity contribution in [2.24, 2.45) is 0 Å². The first kappa shape index (κ1) is 18.5. The fraction of sp³-hybridized carbons (Fsp3) is 0.222. The van der Waals surface area contributed by atoms with Gasteiger partial charge in [-0.3, -0.25) is 9.20 Å². The molecule has 2 heterocycles. The standard InChI is InChI=1S/C18H19N3O3S2/c1-12-11-21-16(13(2)19-18(21)25-12)8-9-17(22)14-6-5-7-15(10-14)26(23,24)20(3)4/h5-11H,1-4H3. The van der Waals surface area contributed by atoms with Gasteiger partial charge in [-0.1, -0.05) is 12.1 Å². The minimum absolute atomic E-state index is 0.0955. The summed E-state index contributed by atoms with van der Waals surface area (Å²) in [6.07, 6.45) is 5.15. The maximum absolute atomic E-state index is 12.5. The van der Waals surface area contributed by atoms with Crippen LogP contribution >= 0.6 is 11.3 Å². The van der Waals surface area contributed by atoms with Crippen LogP contribution < -0.4 is 0 Å². The van der Waals surface area contributed by atoms with E-state index in [0.717, 1.165) is 25.5 Å². The third-order valence-corrected chi connectivity index (χ3v) is 6.66. The van der Waals surface area contributed by atoms with Gasteiger partial charge in [0, 0.05) is 30.7 Å². The number of thiazole rings is 1. The Labute approximate surface area is 156 Å². The number of rotatable bonds is 5. The van der Waals surface area contributed by atoms with Crippen molar-refractivity contribution in [1.82, 2.24) is 13.7 Å². The maximum atomic E-state index is 12.5. The second kappa shape index (κ2) is 6.79. The lowest BCUT2D eigenvalue weighted by Crippen LogP contribution is -2.22. The summed E-state index contributed by atoms with van der Waals surface area (Å²) in [6.45, 7) is 3.90. The number of allylic oxidation sites excluding steroid dienone is 1. The van der Waals surface area contributed by atoms with Crippen molar-refractivity contribution < 1.29 is 13.2 Å². The molecule has 0 saturated heterocycles. The smallest absolute Gasteiger partial charge is 0.242 e. The van der Waals surface area contributed by atoms with E-state index >= 15 is 0 Å². The minimum atomic E-state index is -3.58. The molecule has 0 bridgehead atoms. The van der Waals surface area contributed by atoms with E-state index in [1.807, 2.05) is 24.4 Å². The Morgan fingerprint density at radius 2 is 2.00 bits per heavy atom. The van der Waals surface area contributed by atoms with E-state index in [1.54, 1.807) is 29.5 Å². The van der Waals surface area contributed by atoms with E-state index in [0.29, 0.717) is 5.56 Å². The molecule has 0 unspecified atom stereocenters. The summed E-state index contributed by atoms with van der Waals surface area (Å²) in [4.78, 5) is 19.1. The van der Waals surface area contributed by atoms with Crippen LogP contribution in [0.15, 0.2) is 41.4 Å². The zero-order valence-corrected chi connectivity index (χ0v) is 16.6. The first-order chi connectivity index (χ1) is 12.2. The number of fused-ring (bicyclic) bond motifs is 1. The molecule has 1 aromatic carbocycles. The molecular formula is C18H19N3O3S2. The number of carbonyl (C=O) groups is 1. The van der Waals surface area contributed by atoms with E-state index in [9.17, 15) is 13.2 Å². The van der Waals surface area contributed by atoms with Crippen LogP contribution in [0.4, 0.5) is 0 Å². The van der Waals surface area contributed by atoms with Crippen molar-refractivity contribution in [3.63, 3.8) is 0 Å². The highest BCUT2D eigenvalue weighted by atomic mass is 32.2. The summed E-state index contributed by atoms with van der Waals surface area (Å²) in [5.74, 6) is -0.262. The third-order valence-electron chi connectivity index (χ3n) is 3.95. The Morgan fingerprint density at radius 1 is 1.27 bits per heavy atom. The molecule has 0 aliphatic rings. The Balaban J connectivity index is 1.93. The number of nitrogens with zero attached hydrogens (tertiary/aromatic N) is 3. The molecule has 8 heteroatoms. The van der Waals surface area contributed by atoms with Crippen LogP contribution in [0.25, 0.3) is 11.0 Å². The normalized spacial score (nSPS) is 12.5. The lowest BCUT2D eigenvalue weighted by Gasteiger charge is -2.11. The fourth-order valence-corrected chi connectivity index (χ4v) is 4.38. The molecule has 0 saturated carbocycles. The Bertz CT molecular complexity index is 1120. The molecular weight excluding hydrogens is 370 g/mol. The number of ketones is 1. The quantitative estimate of drug-likeness (QED) is 0.496. The van der Waals surface area contributed by atoms with Gasteiger partial charge in [0.15, 0.2) is 10.7 Å². The highest BCUT2D eigenvalue weighted by molar-refractivity contribution is 7.89. The number of hydrogen-bond acceptors (Lipinski definition) is 5. The number of imidazole rings is 1. The maximum Gasteiger partial charge on any atom is 0.242 e. The van der Waals surface area contributed by atoms with Crippen LogP contribution in [0.2, 0.25) is 0 Å². The first-order valence-corrected chi connectivity index (χ1v) is 10.2. The Morgan fingerprint density at radius 3 is 2.69 bits per heavy atom. The van der Waals surface area contributed by atoms with E-state index in [4.69, 9.17) is 0 Å². The molecule has 136 valence electrons. The van der Waals surface area contributed by atoms with Crippen molar-refractivity contribution in [2.75, 3.05) is 14.1 Å². The van der Waals surface area contributed by atoms with Gasteiger partial charge in [0.05, 0.1) is 16.3 Å². The summed E-state index contributed by atoms with van der Waals surface area (Å²) >= 11 is 1.59. The lowest BCUT2D eigenvalue weighted by molar-refractivity contribution is 0.104. The van der Waals surface area contributed by atoms with Gasteiger partial charge in [-0.15, -0.1) is 11.3 Å². The molecule has 0 spiro atoms. The van der Waals surface area contributed by atoms with Gasteiger partial charge in [0.25, 0.3) is 0 Å². The van der Waals surface area contributed by atoms with Gasteiger partial charge in [-0.2, -0.15) is 0 Å². The molecule has 3 aromatic rings. The van der Waals surface area contributed by atoms with Crippen molar-refractivity contribution in [2.45, 2.75) is 18.7 Å². The number of aromatic nitrogens is 2. The monoisotopic (exact) mass is 389 g/mol. The first-order valence-electron chi connectivity index (χ1n) is 7.90. The number of hydrogen-bond donors (Lipinski definition) is 0. The van der Waals surface area contributed by atoms with Crippen LogP contribution in [-0.2, 0) is 10.0 Å². The molecule has 6 nitrogen and oxygen atoms in total. The number of carbonyl (C=O) groups excluding carboxylic acids is 1. The zero-order chi connectivity index (χ0) is 19.1. The van der Waals surface area contributed by atoms with Crippen LogP contribution in [0.3, 0.4) is 0 Å². The second-order valence-electron chi connectivity index (χ2n) is 6.09. The lowest BCUT2D eigenvalue weighted by atomic mass is 10.1. The van der Waals surface area contributed by atoms with Crippen molar-refractivity contribution in [3.8, 4) is 0 Å². The average molecular weight is 390 g/mol. The summed E-state index contributed by atoms with van der Waals surface area (Å²) in [6, 6.07) is 6.06. The van der Waals surface area contributed by atoms with Crippen LogP contribution in [0.5, 0.6) is 0 Å². The van der Waals surface area contributed by atoms with Gasteiger partial charge in [0.1, 0.15) is 0 Å². The molecule has 3 rings (SSSR count). The van der Waals surface area contributed by atoms with Crippen molar-refractivity contribution in [3.05, 3.63) is 58.4 Å². The van der Waals surface area contributed by atoms with E-state index < -0.39 is 10.0 Å². The molecule has 0 amide bonds. The van der Waals surface area contributed by atoms with Crippen LogP contribution in [-0.4, -0.2) is 42.0 Å². The molecule has 0 atom stereocenters. The molecule has 0 aliphatic heterocycles. The van der Waals surface area contributed by atoms with Gasteiger partial charge in [-0.25, -0.2) is 17.7 Å². The van der Waals surface area contributed by atoms with Gasteiger partial charge in [-0.05, 0) is 38.1 Å². The van der Waals surface area contributed by atoms with E-state index in [1.165, 1.54) is 32.3 Å². The van der Waals surface area contributed by atoms with E-state index in [2.05, 4.69) is 4.98 Å². The predicted octanol–water partition coefficient (Wildman–Crippen LogP) is 3.16. The average Bonchev–Trinajstić information content (AvgIpc) is 3.07. The Hall–Kier alpha value is -2.29. The number of benzene rings is 1. The molecule has 0 N–H and O–H groups in total. The molecule has 2 aromatic heterocycles. The van der Waals surface area contributed by atoms with E-state index in [-0.39, 0.29) is 10.7 Å². The number of sulfonamides is 1. The molecule has 0 aliphatic carbocycles. The van der Waals surface area contributed by atoms with Crippen LogP contribution in [0, 0.1) is 13.8 Å². The second-order valence-corrected chi connectivity index (χ2v) is 9.45. The van der Waals surface area contributed by atoms with Crippen LogP contribution in [0.1, 0.15) is 26.6 Å². The highest BCUT2D eigenvalue weighted by Gasteiger charge is 2.18. The van der Waals surface area contributed by atoms with Gasteiger partial charge < -0.3 is 0 Å².